The van der Waals surface area contributed by atoms with Crippen LogP contribution < -0.4 is 4.74 Å². The fraction of sp³-hybridized carbons (Fsp3) is 0.467. The van der Waals surface area contributed by atoms with Crippen molar-refractivity contribution in [2.45, 2.75) is 13.8 Å². The highest BCUT2D eigenvalue weighted by molar-refractivity contribution is 9.10. The van der Waals surface area contributed by atoms with Crippen molar-refractivity contribution in [2.75, 3.05) is 32.8 Å². The highest BCUT2D eigenvalue weighted by atomic mass is 79.9. The van der Waals surface area contributed by atoms with Gasteiger partial charge in [-0.3, -0.25) is 9.59 Å². The van der Waals surface area contributed by atoms with E-state index in [9.17, 15) is 9.59 Å². The van der Waals surface area contributed by atoms with Crippen LogP contribution in [0.5, 0.6) is 5.75 Å². The Balaban J connectivity index is 1.90. The first kappa shape index (κ1) is 17.1. The van der Waals surface area contributed by atoms with Gasteiger partial charge in [0.05, 0.1) is 5.02 Å². The van der Waals surface area contributed by atoms with Gasteiger partial charge < -0.3 is 14.5 Å². The second-order valence-electron chi connectivity index (χ2n) is 5.21. The second-order valence-corrected chi connectivity index (χ2v) is 6.53. The lowest BCUT2D eigenvalue weighted by Crippen LogP contribution is -2.51. The van der Waals surface area contributed by atoms with E-state index in [2.05, 4.69) is 15.9 Å². The van der Waals surface area contributed by atoms with Crippen LogP contribution in [-0.4, -0.2) is 54.4 Å². The SMILES string of the molecule is CC(=O)N1CCN(C(=O)COc2c(C)cc(Br)cc2Cl)CC1. The van der Waals surface area contributed by atoms with E-state index in [0.29, 0.717) is 37.0 Å². The summed E-state index contributed by atoms with van der Waals surface area (Å²) in [6, 6.07) is 3.62. The molecule has 0 bridgehead atoms. The molecule has 1 heterocycles. The minimum Gasteiger partial charge on any atom is -0.482 e. The lowest BCUT2D eigenvalue weighted by Gasteiger charge is -2.34. The van der Waals surface area contributed by atoms with E-state index in [-0.39, 0.29) is 18.4 Å². The van der Waals surface area contributed by atoms with Gasteiger partial charge in [0.2, 0.25) is 5.91 Å². The lowest BCUT2D eigenvalue weighted by atomic mass is 10.2. The largest absolute Gasteiger partial charge is 0.482 e. The molecule has 0 saturated carbocycles. The third kappa shape index (κ3) is 4.14. The molecule has 0 aromatic heterocycles. The number of carbonyl (C=O) groups is 2. The van der Waals surface area contributed by atoms with Crippen molar-refractivity contribution in [3.8, 4) is 5.75 Å². The van der Waals surface area contributed by atoms with Gasteiger partial charge in [0.15, 0.2) is 6.61 Å². The Morgan fingerprint density at radius 2 is 1.82 bits per heavy atom. The summed E-state index contributed by atoms with van der Waals surface area (Å²) in [6.45, 7) is 5.57. The fourth-order valence-corrected chi connectivity index (χ4v) is 3.39. The molecule has 0 N–H and O–H groups in total. The molecule has 2 amide bonds. The zero-order valence-electron chi connectivity index (χ0n) is 12.6. The predicted octanol–water partition coefficient (Wildman–Crippen LogP) is 2.48. The summed E-state index contributed by atoms with van der Waals surface area (Å²) < 4.78 is 6.46. The molecule has 0 unspecified atom stereocenters. The number of benzene rings is 1. The first-order chi connectivity index (χ1) is 10.4. The maximum Gasteiger partial charge on any atom is 0.260 e. The number of ether oxygens (including phenoxy) is 1. The van der Waals surface area contributed by atoms with Gasteiger partial charge in [0.25, 0.3) is 5.91 Å². The number of halogens is 2. The fourth-order valence-electron chi connectivity index (χ4n) is 2.37. The molecule has 1 saturated heterocycles. The molecule has 1 aliphatic rings. The normalized spacial score (nSPS) is 14.9. The van der Waals surface area contributed by atoms with Gasteiger partial charge in [-0.2, -0.15) is 0 Å². The van der Waals surface area contributed by atoms with Crippen molar-refractivity contribution in [1.29, 1.82) is 0 Å². The Hall–Kier alpha value is -1.27. The number of hydrogen-bond donors (Lipinski definition) is 0. The predicted molar refractivity (Wildman–Crippen MR) is 88.2 cm³/mol. The standard InChI is InChI=1S/C15H18BrClN2O3/c1-10-7-12(16)8-13(17)15(10)22-9-14(21)19-5-3-18(4-6-19)11(2)20/h7-8H,3-6,9H2,1-2H3. The van der Waals surface area contributed by atoms with Crippen LogP contribution in [0, 0.1) is 6.92 Å². The number of amides is 2. The molecule has 1 aromatic rings. The lowest BCUT2D eigenvalue weighted by molar-refractivity contribution is -0.139. The third-order valence-corrected chi connectivity index (χ3v) is 4.35. The summed E-state index contributed by atoms with van der Waals surface area (Å²) in [5.74, 6) is 0.475. The molecular formula is C15H18BrClN2O3. The number of piperazine rings is 1. The van der Waals surface area contributed by atoms with Crippen molar-refractivity contribution in [1.82, 2.24) is 9.80 Å². The number of hydrogen-bond acceptors (Lipinski definition) is 3. The van der Waals surface area contributed by atoms with E-state index < -0.39 is 0 Å². The Labute approximate surface area is 143 Å². The molecule has 0 radical (unpaired) electrons. The molecule has 0 aliphatic carbocycles. The number of aryl methyl sites for hydroxylation is 1. The molecule has 1 aliphatic heterocycles. The van der Waals surface area contributed by atoms with Crippen molar-refractivity contribution in [2.24, 2.45) is 0 Å². The topological polar surface area (TPSA) is 49.9 Å². The molecule has 5 nitrogen and oxygen atoms in total. The van der Waals surface area contributed by atoms with Gasteiger partial charge >= 0.3 is 0 Å². The molecule has 0 atom stereocenters. The Morgan fingerprint density at radius 3 is 2.36 bits per heavy atom. The minimum atomic E-state index is -0.0958. The zero-order valence-corrected chi connectivity index (χ0v) is 14.9. The molecule has 22 heavy (non-hydrogen) atoms. The molecule has 120 valence electrons. The van der Waals surface area contributed by atoms with Crippen molar-refractivity contribution in [3.05, 3.63) is 27.2 Å². The summed E-state index contributed by atoms with van der Waals surface area (Å²) in [4.78, 5) is 26.9. The van der Waals surface area contributed by atoms with Crippen LogP contribution >= 0.6 is 27.5 Å². The third-order valence-electron chi connectivity index (χ3n) is 3.61. The number of carbonyl (C=O) groups excluding carboxylic acids is 2. The molecular weight excluding hydrogens is 372 g/mol. The van der Waals surface area contributed by atoms with Gasteiger partial charge in [0.1, 0.15) is 5.75 Å². The summed E-state index contributed by atoms with van der Waals surface area (Å²) in [5.41, 5.74) is 0.869. The quantitative estimate of drug-likeness (QED) is 0.798. The maximum absolute atomic E-state index is 12.2. The molecule has 2 rings (SSSR count). The van der Waals surface area contributed by atoms with E-state index in [0.717, 1.165) is 10.0 Å². The molecule has 7 heteroatoms. The van der Waals surface area contributed by atoms with E-state index >= 15 is 0 Å². The minimum absolute atomic E-state index is 0.0422. The van der Waals surface area contributed by atoms with Crippen molar-refractivity contribution >= 4 is 39.3 Å². The van der Waals surface area contributed by atoms with Gasteiger partial charge in [-0.15, -0.1) is 0 Å². The van der Waals surface area contributed by atoms with Crippen LogP contribution in [0.15, 0.2) is 16.6 Å². The summed E-state index contributed by atoms with van der Waals surface area (Å²) in [5, 5.41) is 0.473. The van der Waals surface area contributed by atoms with Crippen LogP contribution in [0.4, 0.5) is 0 Å². The van der Waals surface area contributed by atoms with Crippen LogP contribution in [0.25, 0.3) is 0 Å². The van der Waals surface area contributed by atoms with Crippen LogP contribution in [0.1, 0.15) is 12.5 Å². The maximum atomic E-state index is 12.2. The number of nitrogens with zero attached hydrogens (tertiary/aromatic N) is 2. The number of rotatable bonds is 3. The summed E-state index contributed by atoms with van der Waals surface area (Å²) >= 11 is 9.49. The van der Waals surface area contributed by atoms with Crippen molar-refractivity contribution < 1.29 is 14.3 Å². The monoisotopic (exact) mass is 388 g/mol. The summed E-state index contributed by atoms with van der Waals surface area (Å²) in [7, 11) is 0. The van der Waals surface area contributed by atoms with Gasteiger partial charge in [0, 0.05) is 37.6 Å². The van der Waals surface area contributed by atoms with E-state index in [1.165, 1.54) is 0 Å². The highest BCUT2D eigenvalue weighted by Gasteiger charge is 2.22. The van der Waals surface area contributed by atoms with Crippen molar-refractivity contribution in [3.63, 3.8) is 0 Å². The average Bonchev–Trinajstić information content (AvgIpc) is 2.46. The van der Waals surface area contributed by atoms with Crippen LogP contribution in [0.3, 0.4) is 0 Å². The van der Waals surface area contributed by atoms with E-state index in [4.69, 9.17) is 16.3 Å². The molecule has 1 aromatic carbocycles. The van der Waals surface area contributed by atoms with Crippen LogP contribution in [0.2, 0.25) is 5.02 Å². The first-order valence-electron chi connectivity index (χ1n) is 7.00. The van der Waals surface area contributed by atoms with Gasteiger partial charge in [-0.25, -0.2) is 0 Å². The molecule has 0 spiro atoms. The Bertz CT molecular complexity index is 563. The highest BCUT2D eigenvalue weighted by Crippen LogP contribution is 2.31. The van der Waals surface area contributed by atoms with Gasteiger partial charge in [-0.1, -0.05) is 27.5 Å². The zero-order chi connectivity index (χ0) is 16.3. The Morgan fingerprint density at radius 1 is 1.23 bits per heavy atom. The van der Waals surface area contributed by atoms with Gasteiger partial charge in [-0.05, 0) is 24.6 Å². The smallest absolute Gasteiger partial charge is 0.260 e. The van der Waals surface area contributed by atoms with E-state index in [1.807, 2.05) is 13.0 Å². The average molecular weight is 390 g/mol. The first-order valence-corrected chi connectivity index (χ1v) is 8.17. The van der Waals surface area contributed by atoms with E-state index in [1.54, 1.807) is 22.8 Å². The molecule has 1 fully saturated rings. The second kappa shape index (κ2) is 7.33. The summed E-state index contributed by atoms with van der Waals surface area (Å²) in [6.07, 6.45) is 0. The Kier molecular flexibility index (Phi) is 5.69. The van der Waals surface area contributed by atoms with Crippen LogP contribution in [-0.2, 0) is 9.59 Å².